The van der Waals surface area contributed by atoms with Gasteiger partial charge in [-0.15, -0.1) is 0 Å². The molecule has 0 radical (unpaired) electrons. The minimum Gasteiger partial charge on any atom is -0.468 e. The number of amides is 1. The molecule has 0 bridgehead atoms. The van der Waals surface area contributed by atoms with Crippen LogP contribution in [-0.4, -0.2) is 29.5 Å². The summed E-state index contributed by atoms with van der Waals surface area (Å²) in [6, 6.07) is 5.97. The summed E-state index contributed by atoms with van der Waals surface area (Å²) in [5, 5.41) is 2.73. The number of nitrogens with one attached hydrogen (secondary N) is 1. The maximum absolute atomic E-state index is 11.8. The highest BCUT2D eigenvalue weighted by molar-refractivity contribution is 14.1. The van der Waals surface area contributed by atoms with Crippen molar-refractivity contribution < 1.29 is 14.3 Å². The zero-order valence-corrected chi connectivity index (χ0v) is 13.5. The van der Waals surface area contributed by atoms with E-state index < -0.39 is 0 Å². The fourth-order valence-corrected chi connectivity index (χ4v) is 2.05. The first-order chi connectivity index (χ1) is 8.93. The van der Waals surface area contributed by atoms with Gasteiger partial charge in [-0.25, -0.2) is 0 Å². The molecule has 0 spiro atoms. The van der Waals surface area contributed by atoms with E-state index in [9.17, 15) is 9.59 Å². The van der Waals surface area contributed by atoms with Gasteiger partial charge in [-0.3, -0.25) is 9.59 Å². The molecule has 1 rings (SSSR count). The first-order valence-corrected chi connectivity index (χ1v) is 7.23. The highest BCUT2D eigenvalue weighted by Crippen LogP contribution is 2.10. The Kier molecular flexibility index (Phi) is 6.27. The molecule has 0 aromatic heterocycles. The molecule has 104 valence electrons. The first kappa shape index (κ1) is 15.9. The van der Waals surface area contributed by atoms with Gasteiger partial charge in [0.15, 0.2) is 0 Å². The molecule has 1 N–H and O–H groups in total. The summed E-state index contributed by atoms with van der Waals surface area (Å²) in [6.07, 6.45) is 0.325. The molecule has 4 nitrogen and oxygen atoms in total. The van der Waals surface area contributed by atoms with E-state index in [1.165, 1.54) is 18.2 Å². The number of methoxy groups -OCH3 is 1. The van der Waals surface area contributed by atoms with Gasteiger partial charge in [0.2, 0.25) is 5.91 Å². The molecule has 0 aliphatic carbocycles. The van der Waals surface area contributed by atoms with E-state index in [2.05, 4.69) is 10.1 Å². The zero-order valence-electron chi connectivity index (χ0n) is 11.3. The van der Waals surface area contributed by atoms with Crippen molar-refractivity contribution in [3.05, 3.63) is 34.9 Å². The smallest absolute Gasteiger partial charge is 0.320 e. The van der Waals surface area contributed by atoms with Crippen LogP contribution in [0.15, 0.2) is 18.2 Å². The lowest BCUT2D eigenvalue weighted by Crippen LogP contribution is -2.34. The average Bonchev–Trinajstić information content (AvgIpc) is 2.39. The maximum atomic E-state index is 11.8. The van der Waals surface area contributed by atoms with Gasteiger partial charge in [-0.1, -0.05) is 40.8 Å². The first-order valence-electron chi connectivity index (χ1n) is 5.98. The molecule has 19 heavy (non-hydrogen) atoms. The second kappa shape index (κ2) is 7.47. The molecule has 0 saturated carbocycles. The van der Waals surface area contributed by atoms with Crippen LogP contribution in [0.3, 0.4) is 0 Å². The predicted octanol–water partition coefficient (Wildman–Crippen LogP) is 1.94. The highest BCUT2D eigenvalue weighted by Gasteiger charge is 2.15. The molecule has 0 fully saturated rings. The van der Waals surface area contributed by atoms with Crippen LogP contribution in [-0.2, 0) is 20.7 Å². The topological polar surface area (TPSA) is 55.4 Å². The summed E-state index contributed by atoms with van der Waals surface area (Å²) in [5.74, 6) is -0.416. The van der Waals surface area contributed by atoms with E-state index >= 15 is 0 Å². The summed E-state index contributed by atoms with van der Waals surface area (Å²) in [6.45, 7) is 4.35. The number of carbonyl (C=O) groups excluding carboxylic acids is 2. The standard InChI is InChI=1S/C14H18INO3/c1-9-4-5-11(6-10(9)2)7-13(17)16-8-12(15)14(18)19-3/h4-6,12H,7-8H2,1-3H3,(H,16,17). The number of ether oxygens (including phenoxy) is 1. The van der Waals surface area contributed by atoms with Crippen LogP contribution >= 0.6 is 22.6 Å². The molecule has 0 saturated heterocycles. The van der Waals surface area contributed by atoms with Crippen LogP contribution in [0.5, 0.6) is 0 Å². The van der Waals surface area contributed by atoms with Crippen molar-refractivity contribution in [3.8, 4) is 0 Å². The SMILES string of the molecule is COC(=O)C(I)CNC(=O)Cc1ccc(C)c(C)c1. The Morgan fingerprint density at radius 2 is 2.00 bits per heavy atom. The third kappa shape index (κ3) is 5.18. The summed E-state index contributed by atoms with van der Waals surface area (Å²) >= 11 is 1.95. The van der Waals surface area contributed by atoms with Crippen molar-refractivity contribution in [3.63, 3.8) is 0 Å². The normalized spacial score (nSPS) is 11.8. The molecule has 1 atom stereocenters. The van der Waals surface area contributed by atoms with Gasteiger partial charge in [-0.2, -0.15) is 0 Å². The van der Waals surface area contributed by atoms with Crippen LogP contribution in [0.1, 0.15) is 16.7 Å². The van der Waals surface area contributed by atoms with E-state index in [0.29, 0.717) is 6.42 Å². The Labute approximate surface area is 127 Å². The van der Waals surface area contributed by atoms with Gasteiger partial charge in [0.05, 0.1) is 13.5 Å². The van der Waals surface area contributed by atoms with Crippen LogP contribution in [0, 0.1) is 13.8 Å². The third-order valence-electron chi connectivity index (χ3n) is 2.87. The monoisotopic (exact) mass is 375 g/mol. The fraction of sp³-hybridized carbons (Fsp3) is 0.429. The molecule has 1 aromatic rings. The lowest BCUT2D eigenvalue weighted by atomic mass is 10.0. The van der Waals surface area contributed by atoms with Crippen molar-refractivity contribution >= 4 is 34.5 Å². The molecule has 5 heteroatoms. The van der Waals surface area contributed by atoms with Gasteiger partial charge >= 0.3 is 5.97 Å². The highest BCUT2D eigenvalue weighted by atomic mass is 127. The minimum absolute atomic E-state index is 0.0891. The second-order valence-corrected chi connectivity index (χ2v) is 5.89. The number of benzene rings is 1. The summed E-state index contributed by atoms with van der Waals surface area (Å²) in [5.41, 5.74) is 3.36. The molecule has 0 heterocycles. The van der Waals surface area contributed by atoms with Crippen LogP contribution in [0.25, 0.3) is 0 Å². The molecule has 1 unspecified atom stereocenters. The van der Waals surface area contributed by atoms with E-state index in [-0.39, 0.29) is 22.3 Å². The van der Waals surface area contributed by atoms with Gasteiger partial charge in [-0.05, 0) is 30.5 Å². The molecule has 1 aromatic carbocycles. The van der Waals surface area contributed by atoms with Crippen LogP contribution in [0.4, 0.5) is 0 Å². The number of halogens is 1. The molecule has 0 aliphatic heterocycles. The minimum atomic E-state index is -0.355. The van der Waals surface area contributed by atoms with Crippen molar-refractivity contribution in [1.82, 2.24) is 5.32 Å². The second-order valence-electron chi connectivity index (χ2n) is 4.39. The number of carbonyl (C=O) groups is 2. The summed E-state index contributed by atoms with van der Waals surface area (Å²) in [4.78, 5) is 22.9. The van der Waals surface area contributed by atoms with Gasteiger partial charge < -0.3 is 10.1 Å². The molecule has 1 amide bonds. The van der Waals surface area contributed by atoms with Crippen molar-refractivity contribution in [2.24, 2.45) is 0 Å². The molecular weight excluding hydrogens is 357 g/mol. The molecule has 0 aliphatic rings. The Bertz CT molecular complexity index is 474. The van der Waals surface area contributed by atoms with Crippen LogP contribution in [0.2, 0.25) is 0 Å². The fourth-order valence-electron chi connectivity index (χ4n) is 1.58. The van der Waals surface area contributed by atoms with Crippen molar-refractivity contribution in [2.75, 3.05) is 13.7 Å². The number of rotatable bonds is 5. The quantitative estimate of drug-likeness (QED) is 0.486. The number of hydrogen-bond acceptors (Lipinski definition) is 3. The van der Waals surface area contributed by atoms with E-state index in [1.54, 1.807) is 0 Å². The van der Waals surface area contributed by atoms with Gasteiger partial charge in [0.25, 0.3) is 0 Å². The summed E-state index contributed by atoms with van der Waals surface area (Å²) in [7, 11) is 1.34. The Hall–Kier alpha value is -1.11. The predicted molar refractivity (Wildman–Crippen MR) is 82.5 cm³/mol. The Morgan fingerprint density at radius 3 is 2.58 bits per heavy atom. The van der Waals surface area contributed by atoms with E-state index in [1.807, 2.05) is 54.6 Å². The Morgan fingerprint density at radius 1 is 1.32 bits per heavy atom. The van der Waals surface area contributed by atoms with Crippen molar-refractivity contribution in [2.45, 2.75) is 24.2 Å². The third-order valence-corrected chi connectivity index (χ3v) is 3.82. The lowest BCUT2D eigenvalue weighted by Gasteiger charge is -2.10. The lowest BCUT2D eigenvalue weighted by molar-refractivity contribution is -0.139. The number of alkyl halides is 1. The largest absolute Gasteiger partial charge is 0.468 e. The molecular formula is C14H18INO3. The number of hydrogen-bond donors (Lipinski definition) is 1. The van der Waals surface area contributed by atoms with E-state index in [0.717, 1.165) is 5.56 Å². The Balaban J connectivity index is 2.47. The number of aryl methyl sites for hydroxylation is 2. The zero-order chi connectivity index (χ0) is 14.4. The van der Waals surface area contributed by atoms with E-state index in [4.69, 9.17) is 0 Å². The maximum Gasteiger partial charge on any atom is 0.320 e. The van der Waals surface area contributed by atoms with Crippen molar-refractivity contribution in [1.29, 1.82) is 0 Å². The van der Waals surface area contributed by atoms with Gasteiger partial charge in [0, 0.05) is 6.54 Å². The average molecular weight is 375 g/mol. The number of esters is 1. The van der Waals surface area contributed by atoms with Crippen LogP contribution < -0.4 is 5.32 Å². The van der Waals surface area contributed by atoms with Gasteiger partial charge in [0.1, 0.15) is 3.92 Å². The summed E-state index contributed by atoms with van der Waals surface area (Å²) < 4.78 is 4.24.